The van der Waals surface area contributed by atoms with Crippen molar-refractivity contribution in [2.75, 3.05) is 0 Å². The Bertz CT molecular complexity index is 2190. The van der Waals surface area contributed by atoms with E-state index in [1.54, 1.807) is 0 Å². The normalized spacial score (nSPS) is 15.7. The monoisotopic (exact) mass is 654 g/mol. The molecule has 1 atom stereocenters. The summed E-state index contributed by atoms with van der Waals surface area (Å²) in [5, 5.41) is 2.74. The van der Waals surface area contributed by atoms with Gasteiger partial charge in [0.1, 0.15) is 0 Å². The molecule has 0 saturated carbocycles. The predicted molar refractivity (Wildman–Crippen MR) is 217 cm³/mol. The lowest BCUT2D eigenvalue weighted by Gasteiger charge is -2.35. The van der Waals surface area contributed by atoms with Gasteiger partial charge >= 0.3 is 0 Å². The summed E-state index contributed by atoms with van der Waals surface area (Å²) in [4.78, 5) is 0. The van der Waals surface area contributed by atoms with Crippen LogP contribution >= 0.6 is 0 Å². The van der Waals surface area contributed by atoms with Crippen LogP contribution < -0.4 is 0 Å². The molecule has 0 radical (unpaired) electrons. The van der Waals surface area contributed by atoms with Crippen molar-refractivity contribution in [1.29, 1.82) is 0 Å². The van der Waals surface area contributed by atoms with Crippen molar-refractivity contribution in [3.8, 4) is 22.3 Å². The van der Waals surface area contributed by atoms with Gasteiger partial charge in [-0.05, 0) is 147 Å². The summed E-state index contributed by atoms with van der Waals surface area (Å²) in [6, 6.07) is 45.1. The van der Waals surface area contributed by atoms with Crippen molar-refractivity contribution >= 4 is 10.8 Å². The van der Waals surface area contributed by atoms with E-state index in [-0.39, 0.29) is 10.8 Å². The molecule has 0 bridgehead atoms. The van der Waals surface area contributed by atoms with E-state index < -0.39 is 5.41 Å². The molecule has 0 amide bonds. The molecule has 0 aliphatic heterocycles. The number of benzene rings is 6. The highest BCUT2D eigenvalue weighted by Gasteiger charge is 2.47. The van der Waals surface area contributed by atoms with Gasteiger partial charge < -0.3 is 0 Å². The van der Waals surface area contributed by atoms with Gasteiger partial charge in [-0.25, -0.2) is 0 Å². The first kappa shape index (κ1) is 34.0. The lowest BCUT2D eigenvalue weighted by atomic mass is 9.66. The first-order chi connectivity index (χ1) is 24.0. The van der Waals surface area contributed by atoms with Crippen molar-refractivity contribution in [3.63, 3.8) is 0 Å². The Labute approximate surface area is 301 Å². The van der Waals surface area contributed by atoms with E-state index in [0.29, 0.717) is 0 Å². The Balaban J connectivity index is 1.50. The minimum Gasteiger partial charge on any atom is -0.0645 e. The van der Waals surface area contributed by atoms with Gasteiger partial charge in [0.2, 0.25) is 0 Å². The Kier molecular flexibility index (Phi) is 8.66. The van der Waals surface area contributed by atoms with Crippen molar-refractivity contribution in [2.45, 2.75) is 104 Å². The van der Waals surface area contributed by atoms with Crippen LogP contribution in [0.15, 0.2) is 115 Å². The molecule has 0 aromatic heterocycles. The second kappa shape index (κ2) is 12.7. The summed E-state index contributed by atoms with van der Waals surface area (Å²) in [6.07, 6.45) is 4.51. The predicted octanol–water partition coefficient (Wildman–Crippen LogP) is 14.0. The van der Waals surface area contributed by atoms with E-state index in [0.717, 1.165) is 25.7 Å². The van der Waals surface area contributed by atoms with Crippen molar-refractivity contribution in [3.05, 3.63) is 165 Å². The molecule has 0 nitrogen and oxygen atoms in total. The molecule has 50 heavy (non-hydrogen) atoms. The van der Waals surface area contributed by atoms with Crippen molar-refractivity contribution < 1.29 is 0 Å². The van der Waals surface area contributed by atoms with Gasteiger partial charge in [-0.15, -0.1) is 0 Å². The highest BCUT2D eigenvalue weighted by Crippen LogP contribution is 2.57. The molecule has 0 fully saturated rings. The standard InChI is InChI=1S/C50H54/c1-10-48(8,11-2)40-24-26-43-42-25-21-36(37-27-34(6)45-31-41(49(9,12-3)13-4)28-35(7)44(45)29-37)30-46(42)50(47(43)32-40,38-17-15-14-16-18-38)39-22-19-33(5)20-23-39/h14-32H,10-13H2,1-9H3. The molecule has 1 unspecified atom stereocenters. The fourth-order valence-corrected chi connectivity index (χ4v) is 8.82. The maximum absolute atomic E-state index is 2.57. The van der Waals surface area contributed by atoms with Crippen LogP contribution in [0, 0.1) is 20.8 Å². The van der Waals surface area contributed by atoms with E-state index in [1.165, 1.54) is 83.1 Å². The summed E-state index contributed by atoms with van der Waals surface area (Å²) in [6.45, 7) is 21.0. The lowest BCUT2D eigenvalue weighted by molar-refractivity contribution is 0.438. The molecule has 1 aliphatic carbocycles. The zero-order valence-corrected chi connectivity index (χ0v) is 31.8. The zero-order valence-electron chi connectivity index (χ0n) is 31.8. The maximum atomic E-state index is 2.57. The van der Waals surface area contributed by atoms with Crippen LogP contribution in [-0.2, 0) is 16.2 Å². The number of rotatable bonds is 9. The van der Waals surface area contributed by atoms with Crippen LogP contribution in [0.2, 0.25) is 0 Å². The molecule has 0 heterocycles. The summed E-state index contributed by atoms with van der Waals surface area (Å²) < 4.78 is 0. The SMILES string of the molecule is CCC(C)(CC)c1ccc2c(c1)C(c1ccccc1)(c1ccc(C)cc1)c1cc(-c3cc(C)c4cc(C(C)(CC)CC)cc(C)c4c3)ccc1-2. The van der Waals surface area contributed by atoms with Gasteiger partial charge in [0.15, 0.2) is 0 Å². The summed E-state index contributed by atoms with van der Waals surface area (Å²) in [5.74, 6) is 0. The molecule has 1 aliphatic rings. The molecule has 254 valence electrons. The third-order valence-electron chi connectivity index (χ3n) is 13.2. The van der Waals surface area contributed by atoms with Crippen LogP contribution in [0.1, 0.15) is 117 Å². The molecule has 6 aromatic carbocycles. The van der Waals surface area contributed by atoms with Crippen molar-refractivity contribution in [2.24, 2.45) is 0 Å². The van der Waals surface area contributed by atoms with Crippen LogP contribution in [0.4, 0.5) is 0 Å². The number of hydrogen-bond donors (Lipinski definition) is 0. The third kappa shape index (κ3) is 5.17. The minimum absolute atomic E-state index is 0.122. The van der Waals surface area contributed by atoms with Gasteiger partial charge in [-0.2, -0.15) is 0 Å². The molecule has 0 saturated heterocycles. The minimum atomic E-state index is -0.435. The third-order valence-corrected chi connectivity index (χ3v) is 13.2. The fraction of sp³-hybridized carbons (Fsp3) is 0.320. The first-order valence-electron chi connectivity index (χ1n) is 19.0. The molecule has 0 N–H and O–H groups in total. The smallest absolute Gasteiger partial charge is 0.0645 e. The Hall–Kier alpha value is -4.42. The molecule has 0 spiro atoms. The number of fused-ring (bicyclic) bond motifs is 4. The Morgan fingerprint density at radius 3 is 1.64 bits per heavy atom. The Morgan fingerprint density at radius 2 is 1.00 bits per heavy atom. The summed E-state index contributed by atoms with van der Waals surface area (Å²) >= 11 is 0. The van der Waals surface area contributed by atoms with Crippen LogP contribution in [0.25, 0.3) is 33.0 Å². The second-order valence-electron chi connectivity index (χ2n) is 15.7. The highest BCUT2D eigenvalue weighted by atomic mass is 14.5. The van der Waals surface area contributed by atoms with E-state index in [1.807, 2.05) is 0 Å². The molecular weight excluding hydrogens is 601 g/mol. The van der Waals surface area contributed by atoms with Gasteiger partial charge in [0.25, 0.3) is 0 Å². The number of aryl methyl sites for hydroxylation is 3. The lowest BCUT2D eigenvalue weighted by Crippen LogP contribution is -2.29. The van der Waals surface area contributed by atoms with Gasteiger partial charge in [-0.3, -0.25) is 0 Å². The topological polar surface area (TPSA) is 0 Å². The van der Waals surface area contributed by atoms with Crippen LogP contribution in [-0.4, -0.2) is 0 Å². The second-order valence-corrected chi connectivity index (χ2v) is 15.7. The summed E-state index contributed by atoms with van der Waals surface area (Å²) in [5.41, 5.74) is 17.4. The average molecular weight is 655 g/mol. The van der Waals surface area contributed by atoms with Crippen LogP contribution in [0.5, 0.6) is 0 Å². The number of hydrogen-bond acceptors (Lipinski definition) is 0. The van der Waals surface area contributed by atoms with Crippen LogP contribution in [0.3, 0.4) is 0 Å². The van der Waals surface area contributed by atoms with E-state index in [9.17, 15) is 0 Å². The molecule has 0 heteroatoms. The van der Waals surface area contributed by atoms with E-state index >= 15 is 0 Å². The maximum Gasteiger partial charge on any atom is 0.0713 e. The largest absolute Gasteiger partial charge is 0.0713 e. The van der Waals surface area contributed by atoms with Gasteiger partial charge in [0.05, 0.1) is 5.41 Å². The average Bonchev–Trinajstić information content (AvgIpc) is 3.44. The molecular formula is C50H54. The quantitative estimate of drug-likeness (QED) is 0.145. The van der Waals surface area contributed by atoms with E-state index in [2.05, 4.69) is 178 Å². The van der Waals surface area contributed by atoms with Gasteiger partial charge in [0, 0.05) is 0 Å². The van der Waals surface area contributed by atoms with E-state index in [4.69, 9.17) is 0 Å². The summed E-state index contributed by atoms with van der Waals surface area (Å²) in [7, 11) is 0. The molecule has 7 rings (SSSR count). The first-order valence-corrected chi connectivity index (χ1v) is 19.0. The van der Waals surface area contributed by atoms with Crippen molar-refractivity contribution in [1.82, 2.24) is 0 Å². The van der Waals surface area contributed by atoms with Gasteiger partial charge in [-0.1, -0.05) is 150 Å². The highest BCUT2D eigenvalue weighted by molar-refractivity contribution is 5.95. The zero-order chi connectivity index (χ0) is 35.4. The fourth-order valence-electron chi connectivity index (χ4n) is 8.82. The Morgan fingerprint density at radius 1 is 0.460 bits per heavy atom. The molecule has 6 aromatic rings.